The molecule has 6 nitrogen and oxygen atoms in total. The molecule has 164 valence electrons. The maximum atomic E-state index is 11.8. The van der Waals surface area contributed by atoms with E-state index in [-0.39, 0.29) is 12.4 Å². The normalized spacial score (nSPS) is 11.4. The van der Waals surface area contributed by atoms with Crippen molar-refractivity contribution >= 4 is 5.78 Å². The van der Waals surface area contributed by atoms with E-state index in [2.05, 4.69) is 0 Å². The number of ketones is 1. The Kier molecular flexibility index (Phi) is 7.13. The molecular formula is C25H30N2O4. The Hall–Kier alpha value is -3.12. The number of aromatic nitrogens is 2. The Morgan fingerprint density at radius 1 is 1.10 bits per heavy atom. The van der Waals surface area contributed by atoms with Gasteiger partial charge in [-0.1, -0.05) is 30.3 Å². The van der Waals surface area contributed by atoms with Crippen LogP contribution in [0.25, 0.3) is 11.3 Å². The topological polar surface area (TPSA) is 62.6 Å². The first-order valence-electron chi connectivity index (χ1n) is 10.4. The van der Waals surface area contributed by atoms with Crippen molar-refractivity contribution in [3.63, 3.8) is 0 Å². The molecule has 0 atom stereocenters. The summed E-state index contributed by atoms with van der Waals surface area (Å²) in [6.07, 6.45) is 0. The van der Waals surface area contributed by atoms with Crippen molar-refractivity contribution in [3.8, 4) is 22.8 Å². The van der Waals surface area contributed by atoms with Crippen LogP contribution in [0.1, 0.15) is 39.0 Å². The summed E-state index contributed by atoms with van der Waals surface area (Å²) in [5.41, 5.74) is 2.85. The summed E-state index contributed by atoms with van der Waals surface area (Å²) in [4.78, 5) is 11.8. The van der Waals surface area contributed by atoms with E-state index in [0.717, 1.165) is 34.0 Å². The molecule has 0 N–H and O–H groups in total. The highest BCUT2D eigenvalue weighted by atomic mass is 16.5. The zero-order valence-corrected chi connectivity index (χ0v) is 18.8. The smallest absolute Gasteiger partial charge is 0.161 e. The minimum atomic E-state index is -0.860. The molecule has 2 aromatic carbocycles. The number of para-hydroxylation sites is 1. The zero-order valence-electron chi connectivity index (χ0n) is 18.8. The first-order chi connectivity index (χ1) is 14.8. The first-order valence-corrected chi connectivity index (χ1v) is 10.4. The lowest BCUT2D eigenvalue weighted by molar-refractivity contribution is -0.139. The molecule has 31 heavy (non-hydrogen) atoms. The third-order valence-corrected chi connectivity index (χ3v) is 5.22. The van der Waals surface area contributed by atoms with Gasteiger partial charge in [-0.3, -0.25) is 9.48 Å². The van der Waals surface area contributed by atoms with Crippen LogP contribution in [0.3, 0.4) is 0 Å². The molecule has 6 heteroatoms. The number of hydrogen-bond acceptors (Lipinski definition) is 5. The van der Waals surface area contributed by atoms with Crippen molar-refractivity contribution in [2.75, 3.05) is 13.7 Å². The molecule has 0 fully saturated rings. The molecule has 1 heterocycles. The maximum Gasteiger partial charge on any atom is 0.161 e. The van der Waals surface area contributed by atoms with Crippen LogP contribution in [-0.2, 0) is 22.7 Å². The van der Waals surface area contributed by atoms with Gasteiger partial charge in [0.1, 0.15) is 17.1 Å². The minimum absolute atomic E-state index is 0.0226. The second kappa shape index (κ2) is 9.79. The van der Waals surface area contributed by atoms with E-state index in [9.17, 15) is 4.79 Å². The lowest BCUT2D eigenvalue weighted by Gasteiger charge is -2.21. The fraction of sp³-hybridized carbons (Fsp3) is 0.360. The van der Waals surface area contributed by atoms with Gasteiger partial charge < -0.3 is 14.2 Å². The highest BCUT2D eigenvalue weighted by Gasteiger charge is 2.25. The van der Waals surface area contributed by atoms with Crippen LogP contribution in [0.2, 0.25) is 0 Å². The van der Waals surface area contributed by atoms with Crippen LogP contribution in [0.5, 0.6) is 11.5 Å². The van der Waals surface area contributed by atoms with Crippen LogP contribution in [0.4, 0.5) is 0 Å². The van der Waals surface area contributed by atoms with Crippen LogP contribution in [0.15, 0.2) is 54.6 Å². The van der Waals surface area contributed by atoms with Crippen molar-refractivity contribution in [3.05, 3.63) is 65.9 Å². The van der Waals surface area contributed by atoms with Crippen molar-refractivity contribution in [1.29, 1.82) is 0 Å². The van der Waals surface area contributed by atoms with Gasteiger partial charge in [0, 0.05) is 11.1 Å². The molecule has 0 radical (unpaired) electrons. The molecular weight excluding hydrogens is 392 g/mol. The van der Waals surface area contributed by atoms with Crippen LogP contribution in [-0.4, -0.2) is 34.9 Å². The van der Waals surface area contributed by atoms with Crippen LogP contribution < -0.4 is 9.47 Å². The molecule has 0 aliphatic carbocycles. The molecule has 0 aliphatic rings. The van der Waals surface area contributed by atoms with E-state index in [0.29, 0.717) is 13.2 Å². The number of benzene rings is 2. The summed E-state index contributed by atoms with van der Waals surface area (Å²) in [6.45, 7) is 8.42. The Morgan fingerprint density at radius 3 is 2.58 bits per heavy atom. The zero-order chi connectivity index (χ0) is 22.4. The van der Waals surface area contributed by atoms with Gasteiger partial charge in [-0.2, -0.15) is 5.10 Å². The van der Waals surface area contributed by atoms with E-state index < -0.39 is 5.60 Å². The number of carbonyl (C=O) groups is 1. The van der Waals surface area contributed by atoms with Gasteiger partial charge in [0.05, 0.1) is 38.3 Å². The number of nitrogens with zero attached hydrogens (tertiary/aromatic N) is 2. The van der Waals surface area contributed by atoms with E-state index >= 15 is 0 Å². The molecule has 0 amide bonds. The molecule has 3 aromatic rings. The number of rotatable bonds is 10. The molecule has 0 aliphatic heterocycles. The second-order valence-electron chi connectivity index (χ2n) is 7.81. The number of Topliss-reactive ketones (excluding diaryl/α,β-unsaturated/α-hetero) is 1. The van der Waals surface area contributed by atoms with Gasteiger partial charge in [-0.25, -0.2) is 0 Å². The Balaban J connectivity index is 1.97. The Morgan fingerprint density at radius 2 is 1.87 bits per heavy atom. The highest BCUT2D eigenvalue weighted by molar-refractivity contribution is 5.83. The van der Waals surface area contributed by atoms with Gasteiger partial charge in [0.25, 0.3) is 0 Å². The van der Waals surface area contributed by atoms with Gasteiger partial charge >= 0.3 is 0 Å². The second-order valence-corrected chi connectivity index (χ2v) is 7.81. The number of ether oxygens (including phenoxy) is 3. The van der Waals surface area contributed by atoms with Gasteiger partial charge in [0.2, 0.25) is 0 Å². The quantitative estimate of drug-likeness (QED) is 0.465. The van der Waals surface area contributed by atoms with Crippen LogP contribution in [0, 0.1) is 0 Å². The molecule has 0 saturated heterocycles. The molecule has 0 saturated carbocycles. The number of hydrogen-bond donors (Lipinski definition) is 0. The molecule has 0 bridgehead atoms. The van der Waals surface area contributed by atoms with Crippen molar-refractivity contribution in [2.24, 2.45) is 0 Å². The number of carbonyl (C=O) groups excluding carboxylic acids is 1. The predicted octanol–water partition coefficient (Wildman–Crippen LogP) is 4.89. The van der Waals surface area contributed by atoms with E-state index in [1.807, 2.05) is 66.2 Å². The number of methoxy groups -OCH3 is 1. The molecule has 0 unspecified atom stereocenters. The lowest BCUT2D eigenvalue weighted by atomic mass is 10.1. The minimum Gasteiger partial charge on any atom is -0.497 e. The largest absolute Gasteiger partial charge is 0.497 e. The van der Waals surface area contributed by atoms with E-state index in [1.165, 1.54) is 6.92 Å². The molecule has 1 aromatic heterocycles. The predicted molar refractivity (Wildman–Crippen MR) is 120 cm³/mol. The van der Waals surface area contributed by atoms with Gasteiger partial charge in [0.15, 0.2) is 5.78 Å². The summed E-state index contributed by atoms with van der Waals surface area (Å²) in [5, 5.41) is 4.78. The lowest BCUT2D eigenvalue weighted by Crippen LogP contribution is -2.32. The van der Waals surface area contributed by atoms with Crippen molar-refractivity contribution in [2.45, 2.75) is 46.4 Å². The van der Waals surface area contributed by atoms with Crippen molar-refractivity contribution < 1.29 is 19.0 Å². The first kappa shape index (κ1) is 22.6. The standard InChI is InChI=1S/C25H30N2O4/c1-6-30-24-13-8-7-10-20(24)16-27-23(19-11-9-12-22(14-19)29-5)15-21(26-27)17-31-25(3,4)18(2)28/h7-15H,6,16-17H2,1-5H3. The fourth-order valence-corrected chi connectivity index (χ4v) is 3.12. The average molecular weight is 423 g/mol. The van der Waals surface area contributed by atoms with Crippen molar-refractivity contribution in [1.82, 2.24) is 9.78 Å². The van der Waals surface area contributed by atoms with E-state index in [1.54, 1.807) is 21.0 Å². The summed E-state index contributed by atoms with van der Waals surface area (Å²) >= 11 is 0. The van der Waals surface area contributed by atoms with E-state index in [4.69, 9.17) is 19.3 Å². The third-order valence-electron chi connectivity index (χ3n) is 5.22. The Bertz CT molecular complexity index is 1040. The monoisotopic (exact) mass is 422 g/mol. The van der Waals surface area contributed by atoms with Crippen LogP contribution >= 0.6 is 0 Å². The summed E-state index contributed by atoms with van der Waals surface area (Å²) < 4.78 is 19.0. The molecule has 3 rings (SSSR count). The maximum absolute atomic E-state index is 11.8. The highest BCUT2D eigenvalue weighted by Crippen LogP contribution is 2.28. The third kappa shape index (κ3) is 5.52. The van der Waals surface area contributed by atoms with Gasteiger partial charge in [-0.05, 0) is 52.0 Å². The summed E-state index contributed by atoms with van der Waals surface area (Å²) in [5.74, 6) is 1.59. The average Bonchev–Trinajstić information content (AvgIpc) is 3.16. The van der Waals surface area contributed by atoms with Gasteiger partial charge in [-0.15, -0.1) is 0 Å². The Labute approximate surface area is 183 Å². The SMILES string of the molecule is CCOc1ccccc1Cn1nc(COC(C)(C)C(C)=O)cc1-c1cccc(OC)c1. The fourth-order valence-electron chi connectivity index (χ4n) is 3.12. The summed E-state index contributed by atoms with van der Waals surface area (Å²) in [6, 6.07) is 17.8. The molecule has 0 spiro atoms. The summed E-state index contributed by atoms with van der Waals surface area (Å²) in [7, 11) is 1.65.